The third-order valence-electron chi connectivity index (χ3n) is 3.49. The fraction of sp³-hybridized carbons (Fsp3) is 0.235. The van der Waals surface area contributed by atoms with Gasteiger partial charge in [-0.15, -0.1) is 0 Å². The predicted octanol–water partition coefficient (Wildman–Crippen LogP) is 3.20. The summed E-state index contributed by atoms with van der Waals surface area (Å²) in [5.74, 6) is 0.417. The van der Waals surface area contributed by atoms with Gasteiger partial charge in [-0.1, -0.05) is 29.8 Å². The predicted molar refractivity (Wildman–Crippen MR) is 98.0 cm³/mol. The second-order valence-electron chi connectivity index (χ2n) is 5.76. The van der Waals surface area contributed by atoms with Gasteiger partial charge >= 0.3 is 0 Å². The molecule has 0 radical (unpaired) electrons. The van der Waals surface area contributed by atoms with Gasteiger partial charge in [0.25, 0.3) is 0 Å². The van der Waals surface area contributed by atoms with Gasteiger partial charge in [0.2, 0.25) is 5.95 Å². The summed E-state index contributed by atoms with van der Waals surface area (Å²) in [7, 11) is 0. The van der Waals surface area contributed by atoms with Gasteiger partial charge in [0.15, 0.2) is 5.82 Å². The van der Waals surface area contributed by atoms with Crippen LogP contribution in [-0.2, 0) is 13.1 Å². The van der Waals surface area contributed by atoms with Crippen molar-refractivity contribution in [2.75, 3.05) is 10.6 Å². The van der Waals surface area contributed by atoms with E-state index in [2.05, 4.69) is 25.7 Å². The van der Waals surface area contributed by atoms with E-state index in [1.807, 2.05) is 0 Å². The van der Waals surface area contributed by atoms with Crippen molar-refractivity contribution in [3.05, 3.63) is 59.3 Å². The van der Waals surface area contributed by atoms with Crippen LogP contribution in [0, 0.1) is 5.82 Å². The zero-order valence-electron chi connectivity index (χ0n) is 14.0. The number of aliphatic hydroxyl groups excluding tert-OH is 1. The highest BCUT2D eigenvalue weighted by Gasteiger charge is 2.09. The van der Waals surface area contributed by atoms with Gasteiger partial charge in [-0.2, -0.15) is 10.1 Å². The Bertz CT molecular complexity index is 885. The Kier molecular flexibility index (Phi) is 5.65. The first-order chi connectivity index (χ1) is 12.5. The highest BCUT2D eigenvalue weighted by Crippen LogP contribution is 2.22. The SMILES string of the molecule is C[C@@H](O)Cn1cc(Nc2ncc(Cl)c(NCc3ccccc3F)n2)cn1. The molecular formula is C17H18ClFN6O. The number of nitrogens with one attached hydrogen (secondary N) is 2. The van der Waals surface area contributed by atoms with Crippen molar-refractivity contribution in [3.63, 3.8) is 0 Å². The van der Waals surface area contributed by atoms with Crippen LogP contribution in [0.15, 0.2) is 42.9 Å². The van der Waals surface area contributed by atoms with Crippen LogP contribution in [-0.4, -0.2) is 31.0 Å². The Labute approximate surface area is 154 Å². The number of benzene rings is 1. The molecule has 136 valence electrons. The number of rotatable bonds is 7. The third-order valence-corrected chi connectivity index (χ3v) is 3.77. The van der Waals surface area contributed by atoms with E-state index in [0.717, 1.165) is 0 Å². The lowest BCUT2D eigenvalue weighted by molar-refractivity contribution is 0.168. The largest absolute Gasteiger partial charge is 0.391 e. The first-order valence-electron chi connectivity index (χ1n) is 7.98. The van der Waals surface area contributed by atoms with Crippen molar-refractivity contribution in [1.29, 1.82) is 0 Å². The zero-order valence-corrected chi connectivity index (χ0v) is 14.8. The standard InChI is InChI=1S/C17H18ClFN6O/c1-11(26)9-25-10-13(7-22-25)23-17-21-8-14(18)16(24-17)20-6-12-4-2-3-5-15(12)19/h2-5,7-8,10-11,26H,6,9H2,1H3,(H2,20,21,23,24)/t11-/m1/s1. The van der Waals surface area contributed by atoms with Gasteiger partial charge in [-0.05, 0) is 13.0 Å². The maximum absolute atomic E-state index is 13.7. The normalized spacial score (nSPS) is 12.0. The molecule has 3 N–H and O–H groups in total. The van der Waals surface area contributed by atoms with Gasteiger partial charge < -0.3 is 15.7 Å². The molecule has 26 heavy (non-hydrogen) atoms. The molecule has 0 saturated heterocycles. The zero-order chi connectivity index (χ0) is 18.5. The summed E-state index contributed by atoms with van der Waals surface area (Å²) in [5, 5.41) is 19.9. The molecule has 0 spiro atoms. The summed E-state index contributed by atoms with van der Waals surface area (Å²) in [4.78, 5) is 8.43. The van der Waals surface area contributed by atoms with Crippen LogP contribution in [0.25, 0.3) is 0 Å². The maximum Gasteiger partial charge on any atom is 0.229 e. The number of aromatic nitrogens is 4. The Morgan fingerprint density at radius 3 is 2.88 bits per heavy atom. The summed E-state index contributed by atoms with van der Waals surface area (Å²) < 4.78 is 15.3. The molecule has 0 bridgehead atoms. The first-order valence-corrected chi connectivity index (χ1v) is 8.36. The number of hydrogen-bond donors (Lipinski definition) is 3. The minimum Gasteiger partial charge on any atom is -0.391 e. The molecule has 7 nitrogen and oxygen atoms in total. The number of nitrogens with zero attached hydrogens (tertiary/aromatic N) is 4. The third kappa shape index (κ3) is 4.68. The monoisotopic (exact) mass is 376 g/mol. The summed E-state index contributed by atoms with van der Waals surface area (Å²) in [6.45, 7) is 2.32. The van der Waals surface area contributed by atoms with Crippen LogP contribution in [0.2, 0.25) is 5.02 Å². The van der Waals surface area contributed by atoms with E-state index in [0.29, 0.717) is 34.6 Å². The van der Waals surface area contributed by atoms with Gasteiger partial charge in [0.05, 0.1) is 30.7 Å². The molecule has 3 rings (SSSR count). The van der Waals surface area contributed by atoms with E-state index in [1.54, 1.807) is 42.2 Å². The van der Waals surface area contributed by atoms with E-state index in [-0.39, 0.29) is 12.4 Å². The number of anilines is 3. The molecule has 0 fully saturated rings. The van der Waals surface area contributed by atoms with Crippen LogP contribution < -0.4 is 10.6 Å². The van der Waals surface area contributed by atoms with E-state index in [1.165, 1.54) is 12.3 Å². The number of halogens is 2. The Balaban J connectivity index is 1.69. The molecule has 0 amide bonds. The van der Waals surface area contributed by atoms with E-state index >= 15 is 0 Å². The molecule has 9 heteroatoms. The average molecular weight is 377 g/mol. The van der Waals surface area contributed by atoms with Crippen molar-refractivity contribution in [3.8, 4) is 0 Å². The summed E-state index contributed by atoms with van der Waals surface area (Å²) in [5.41, 5.74) is 1.18. The van der Waals surface area contributed by atoms with Crippen molar-refractivity contribution in [2.45, 2.75) is 26.1 Å². The highest BCUT2D eigenvalue weighted by atomic mass is 35.5. The van der Waals surface area contributed by atoms with E-state index < -0.39 is 6.10 Å². The topological polar surface area (TPSA) is 87.9 Å². The Hall–Kier alpha value is -2.71. The minimum atomic E-state index is -0.497. The minimum absolute atomic E-state index is 0.245. The summed E-state index contributed by atoms with van der Waals surface area (Å²) in [6.07, 6.45) is 4.30. The van der Waals surface area contributed by atoms with Crippen molar-refractivity contribution >= 4 is 29.1 Å². The van der Waals surface area contributed by atoms with Gasteiger partial charge in [-0.3, -0.25) is 4.68 Å². The van der Waals surface area contributed by atoms with Crippen molar-refractivity contribution in [2.24, 2.45) is 0 Å². The van der Waals surface area contributed by atoms with Crippen LogP contribution in [0.1, 0.15) is 12.5 Å². The lowest BCUT2D eigenvalue weighted by Crippen LogP contribution is -2.11. The van der Waals surface area contributed by atoms with Gasteiger partial charge in [-0.25, -0.2) is 9.37 Å². The highest BCUT2D eigenvalue weighted by molar-refractivity contribution is 6.32. The molecule has 1 atom stereocenters. The van der Waals surface area contributed by atoms with Crippen molar-refractivity contribution < 1.29 is 9.50 Å². The number of aliphatic hydroxyl groups is 1. The Morgan fingerprint density at radius 2 is 2.12 bits per heavy atom. The number of hydrogen-bond acceptors (Lipinski definition) is 6. The second-order valence-corrected chi connectivity index (χ2v) is 6.17. The molecule has 0 unspecified atom stereocenters. The smallest absolute Gasteiger partial charge is 0.229 e. The average Bonchev–Trinajstić information content (AvgIpc) is 3.02. The van der Waals surface area contributed by atoms with Crippen LogP contribution in [0.5, 0.6) is 0 Å². The van der Waals surface area contributed by atoms with Gasteiger partial charge in [0, 0.05) is 18.3 Å². The molecule has 0 aliphatic carbocycles. The molecule has 0 saturated carbocycles. The lowest BCUT2D eigenvalue weighted by Gasteiger charge is -2.10. The fourth-order valence-corrected chi connectivity index (χ4v) is 2.46. The van der Waals surface area contributed by atoms with Crippen LogP contribution >= 0.6 is 11.6 Å². The molecule has 3 aromatic rings. The van der Waals surface area contributed by atoms with Crippen molar-refractivity contribution in [1.82, 2.24) is 19.7 Å². The first kappa shape index (κ1) is 18.1. The van der Waals surface area contributed by atoms with Crippen LogP contribution in [0.4, 0.5) is 21.8 Å². The fourth-order valence-electron chi connectivity index (χ4n) is 2.30. The molecule has 1 aromatic carbocycles. The summed E-state index contributed by atoms with van der Waals surface area (Å²) >= 11 is 6.11. The lowest BCUT2D eigenvalue weighted by atomic mass is 10.2. The molecule has 0 aliphatic heterocycles. The molecule has 2 aromatic heterocycles. The molecule has 2 heterocycles. The molecular weight excluding hydrogens is 359 g/mol. The Morgan fingerprint density at radius 1 is 1.31 bits per heavy atom. The second kappa shape index (κ2) is 8.11. The maximum atomic E-state index is 13.7. The van der Waals surface area contributed by atoms with Crippen LogP contribution in [0.3, 0.4) is 0 Å². The molecule has 0 aliphatic rings. The quantitative estimate of drug-likeness (QED) is 0.587. The van der Waals surface area contributed by atoms with E-state index in [4.69, 9.17) is 11.6 Å². The van der Waals surface area contributed by atoms with E-state index in [9.17, 15) is 9.50 Å². The van der Waals surface area contributed by atoms with Gasteiger partial charge in [0.1, 0.15) is 10.8 Å². The summed E-state index contributed by atoms with van der Waals surface area (Å²) in [6, 6.07) is 6.49.